The average Bonchev–Trinajstić information content (AvgIpc) is 3.03. The molecule has 0 atom stereocenters. The number of carboxylic acid groups (broad SMARTS) is 1. The minimum absolute atomic E-state index is 0.122. The summed E-state index contributed by atoms with van der Waals surface area (Å²) >= 11 is 1.00. The van der Waals surface area contributed by atoms with Gasteiger partial charge in [-0.1, -0.05) is 11.3 Å². The number of aromatic nitrogens is 3. The van der Waals surface area contributed by atoms with Crippen molar-refractivity contribution in [1.82, 2.24) is 14.8 Å². The number of ketones is 1. The SMILES string of the molecule is COCCn1cc(Nc2nc(C(=O)O)c(C(C)=O)s2)cn1. The number of hydrogen-bond acceptors (Lipinski definition) is 7. The largest absolute Gasteiger partial charge is 0.476 e. The summed E-state index contributed by atoms with van der Waals surface area (Å²) in [7, 11) is 1.61. The first-order chi connectivity index (χ1) is 10.0. The summed E-state index contributed by atoms with van der Waals surface area (Å²) in [6, 6.07) is 0. The van der Waals surface area contributed by atoms with Crippen molar-refractivity contribution >= 4 is 33.9 Å². The standard InChI is InChI=1S/C12H14N4O4S/c1-7(17)10-9(11(18)19)15-12(21-10)14-8-5-13-16(6-8)3-4-20-2/h5-6H,3-4H2,1-2H3,(H,14,15)(H,18,19). The molecule has 0 saturated heterocycles. The molecule has 0 fully saturated rings. The highest BCUT2D eigenvalue weighted by Crippen LogP contribution is 2.26. The fourth-order valence-corrected chi connectivity index (χ4v) is 2.49. The van der Waals surface area contributed by atoms with Crippen molar-refractivity contribution in [2.75, 3.05) is 19.0 Å². The minimum atomic E-state index is -1.22. The van der Waals surface area contributed by atoms with E-state index in [1.807, 2.05) is 0 Å². The zero-order valence-electron chi connectivity index (χ0n) is 11.5. The van der Waals surface area contributed by atoms with E-state index in [1.54, 1.807) is 24.2 Å². The van der Waals surface area contributed by atoms with Gasteiger partial charge in [-0.3, -0.25) is 9.48 Å². The Morgan fingerprint density at radius 2 is 2.29 bits per heavy atom. The summed E-state index contributed by atoms with van der Waals surface area (Å²) in [6.45, 7) is 2.46. The molecule has 0 aliphatic rings. The number of anilines is 2. The van der Waals surface area contributed by atoms with Gasteiger partial charge in [-0.25, -0.2) is 9.78 Å². The highest BCUT2D eigenvalue weighted by atomic mass is 32.1. The van der Waals surface area contributed by atoms with Crippen LogP contribution in [0, 0.1) is 0 Å². The van der Waals surface area contributed by atoms with Gasteiger partial charge in [0, 0.05) is 20.2 Å². The third-order valence-electron chi connectivity index (χ3n) is 2.56. The zero-order chi connectivity index (χ0) is 15.4. The molecule has 0 unspecified atom stereocenters. The second-order valence-corrected chi connectivity index (χ2v) is 5.17. The highest BCUT2D eigenvalue weighted by molar-refractivity contribution is 7.17. The van der Waals surface area contributed by atoms with Gasteiger partial charge in [0.05, 0.1) is 25.0 Å². The van der Waals surface area contributed by atoms with Crippen LogP contribution in [0.15, 0.2) is 12.4 Å². The smallest absolute Gasteiger partial charge is 0.356 e. The fourth-order valence-electron chi connectivity index (χ4n) is 1.62. The molecular weight excluding hydrogens is 296 g/mol. The third-order valence-corrected chi connectivity index (χ3v) is 3.63. The van der Waals surface area contributed by atoms with E-state index in [4.69, 9.17) is 9.84 Å². The lowest BCUT2D eigenvalue weighted by Gasteiger charge is -1.99. The number of hydrogen-bond donors (Lipinski definition) is 2. The maximum atomic E-state index is 11.4. The van der Waals surface area contributed by atoms with Crippen molar-refractivity contribution in [2.45, 2.75) is 13.5 Å². The Morgan fingerprint density at radius 1 is 1.52 bits per heavy atom. The van der Waals surface area contributed by atoms with Crippen LogP contribution in [0.4, 0.5) is 10.8 Å². The predicted octanol–water partition coefficient (Wildman–Crippen LogP) is 1.63. The predicted molar refractivity (Wildman–Crippen MR) is 76.5 cm³/mol. The van der Waals surface area contributed by atoms with E-state index in [0.29, 0.717) is 24.0 Å². The Kier molecular flexibility index (Phi) is 4.66. The Bertz CT molecular complexity index is 633. The van der Waals surface area contributed by atoms with Gasteiger partial charge in [-0.2, -0.15) is 5.10 Å². The van der Waals surface area contributed by atoms with Crippen LogP contribution < -0.4 is 5.32 Å². The summed E-state index contributed by atoms with van der Waals surface area (Å²) in [5.41, 5.74) is 0.425. The molecule has 8 nitrogen and oxygen atoms in total. The van der Waals surface area contributed by atoms with Gasteiger partial charge in [0.25, 0.3) is 0 Å². The second-order valence-electron chi connectivity index (χ2n) is 4.17. The van der Waals surface area contributed by atoms with Crippen LogP contribution >= 0.6 is 11.3 Å². The van der Waals surface area contributed by atoms with E-state index >= 15 is 0 Å². The first-order valence-corrected chi connectivity index (χ1v) is 6.86. The molecule has 2 rings (SSSR count). The normalized spacial score (nSPS) is 10.6. The number of nitrogens with zero attached hydrogens (tertiary/aromatic N) is 3. The van der Waals surface area contributed by atoms with E-state index in [-0.39, 0.29) is 16.4 Å². The first kappa shape index (κ1) is 15.1. The van der Waals surface area contributed by atoms with Crippen molar-refractivity contribution < 1.29 is 19.4 Å². The van der Waals surface area contributed by atoms with Gasteiger partial charge in [0.15, 0.2) is 16.6 Å². The van der Waals surface area contributed by atoms with Gasteiger partial charge in [0.1, 0.15) is 4.88 Å². The summed E-state index contributed by atoms with van der Waals surface area (Å²) in [6.07, 6.45) is 3.33. The molecule has 2 aromatic heterocycles. The van der Waals surface area contributed by atoms with Crippen LogP contribution in [0.1, 0.15) is 27.1 Å². The molecule has 0 saturated carbocycles. The molecule has 0 aromatic carbocycles. The van der Waals surface area contributed by atoms with Gasteiger partial charge < -0.3 is 15.2 Å². The molecule has 0 radical (unpaired) electrons. The highest BCUT2D eigenvalue weighted by Gasteiger charge is 2.20. The number of ether oxygens (including phenoxy) is 1. The van der Waals surface area contributed by atoms with Crippen LogP contribution in [0.25, 0.3) is 0 Å². The van der Waals surface area contributed by atoms with Gasteiger partial charge in [0.2, 0.25) is 0 Å². The number of nitrogens with one attached hydrogen (secondary N) is 1. The molecular formula is C12H14N4O4S. The van der Waals surface area contributed by atoms with Crippen molar-refractivity contribution in [3.8, 4) is 0 Å². The molecule has 0 spiro atoms. The number of carboxylic acids is 1. The molecule has 2 heterocycles. The topological polar surface area (TPSA) is 106 Å². The summed E-state index contributed by atoms with van der Waals surface area (Å²) in [5.74, 6) is -1.55. The van der Waals surface area contributed by atoms with Crippen LogP contribution in [0.2, 0.25) is 0 Å². The van der Waals surface area contributed by atoms with Gasteiger partial charge in [-0.15, -0.1) is 0 Å². The number of rotatable bonds is 7. The van der Waals surface area contributed by atoms with Crippen molar-refractivity contribution in [1.29, 1.82) is 0 Å². The van der Waals surface area contributed by atoms with Crippen LogP contribution in [-0.4, -0.2) is 45.3 Å². The number of methoxy groups -OCH3 is 1. The lowest BCUT2D eigenvalue weighted by molar-refractivity contribution is 0.0687. The molecule has 9 heteroatoms. The van der Waals surface area contributed by atoms with E-state index in [9.17, 15) is 9.59 Å². The molecule has 2 N–H and O–H groups in total. The quantitative estimate of drug-likeness (QED) is 0.748. The summed E-state index contributed by atoms with van der Waals surface area (Å²) < 4.78 is 6.63. The molecule has 0 amide bonds. The zero-order valence-corrected chi connectivity index (χ0v) is 12.3. The molecule has 112 valence electrons. The Morgan fingerprint density at radius 3 is 2.86 bits per heavy atom. The summed E-state index contributed by atoms with van der Waals surface area (Å²) in [4.78, 5) is 26.5. The van der Waals surface area contributed by atoms with E-state index in [1.165, 1.54) is 6.92 Å². The molecule has 2 aromatic rings. The Labute approximate surface area is 124 Å². The number of aromatic carboxylic acids is 1. The monoisotopic (exact) mass is 310 g/mol. The average molecular weight is 310 g/mol. The van der Waals surface area contributed by atoms with E-state index < -0.39 is 5.97 Å². The number of carbonyl (C=O) groups is 2. The third kappa shape index (κ3) is 3.64. The number of Topliss-reactive ketones (excluding diaryl/α,β-unsaturated/α-hetero) is 1. The van der Waals surface area contributed by atoms with Gasteiger partial charge >= 0.3 is 5.97 Å². The maximum Gasteiger partial charge on any atom is 0.356 e. The van der Waals surface area contributed by atoms with Crippen molar-refractivity contribution in [2.24, 2.45) is 0 Å². The first-order valence-electron chi connectivity index (χ1n) is 6.04. The maximum absolute atomic E-state index is 11.4. The molecule has 21 heavy (non-hydrogen) atoms. The fraction of sp³-hybridized carbons (Fsp3) is 0.333. The molecule has 0 aliphatic heterocycles. The van der Waals surface area contributed by atoms with Crippen LogP contribution in [0.5, 0.6) is 0 Å². The second kappa shape index (κ2) is 6.46. The van der Waals surface area contributed by atoms with Crippen molar-refractivity contribution in [3.63, 3.8) is 0 Å². The van der Waals surface area contributed by atoms with E-state index in [2.05, 4.69) is 15.4 Å². The van der Waals surface area contributed by atoms with Gasteiger partial charge in [-0.05, 0) is 0 Å². The van der Waals surface area contributed by atoms with E-state index in [0.717, 1.165) is 11.3 Å². The number of carbonyl (C=O) groups excluding carboxylic acids is 1. The molecule has 0 aliphatic carbocycles. The van der Waals surface area contributed by atoms with Crippen LogP contribution in [0.3, 0.4) is 0 Å². The Balaban J connectivity index is 2.16. The Hall–Kier alpha value is -2.26. The lowest BCUT2D eigenvalue weighted by Crippen LogP contribution is -2.04. The molecule has 0 bridgehead atoms. The van der Waals surface area contributed by atoms with Crippen LogP contribution in [-0.2, 0) is 11.3 Å². The van der Waals surface area contributed by atoms with Crippen molar-refractivity contribution in [3.05, 3.63) is 23.0 Å². The lowest BCUT2D eigenvalue weighted by atomic mass is 10.3. The minimum Gasteiger partial charge on any atom is -0.476 e. The summed E-state index contributed by atoms with van der Waals surface area (Å²) in [5, 5.41) is 16.4. The number of thiazole rings is 1.